The number of aryl methyl sites for hydroxylation is 1. The molecular formula is C13H16ClN3O2. The monoisotopic (exact) mass is 281 g/mol. The van der Waals surface area contributed by atoms with Crippen molar-refractivity contribution in [1.29, 1.82) is 0 Å². The number of nitrogens with zero attached hydrogens (tertiary/aromatic N) is 2. The van der Waals surface area contributed by atoms with Crippen LogP contribution in [0, 0.1) is 0 Å². The fraction of sp³-hybridized carbons (Fsp3) is 0.385. The van der Waals surface area contributed by atoms with E-state index in [1.54, 1.807) is 12.5 Å². The van der Waals surface area contributed by atoms with Gasteiger partial charge in [-0.15, -0.1) is 0 Å². The lowest BCUT2D eigenvalue weighted by Crippen LogP contribution is -2.24. The second-order valence-electron chi connectivity index (χ2n) is 4.28. The second-order valence-corrected chi connectivity index (χ2v) is 4.66. The van der Waals surface area contributed by atoms with Crippen LogP contribution in [0.2, 0.25) is 5.02 Å². The van der Waals surface area contributed by atoms with Gasteiger partial charge < -0.3 is 9.73 Å². The summed E-state index contributed by atoms with van der Waals surface area (Å²) in [5, 5.41) is 7.37. The maximum atomic E-state index is 12.0. The molecule has 0 aliphatic carbocycles. The smallest absolute Gasteiger partial charge is 0.287 e. The zero-order chi connectivity index (χ0) is 13.8. The summed E-state index contributed by atoms with van der Waals surface area (Å²) in [5.74, 6) is 0.772. The summed E-state index contributed by atoms with van der Waals surface area (Å²) in [6.07, 6.45) is 4.00. The highest BCUT2D eigenvalue weighted by Crippen LogP contribution is 2.22. The quantitative estimate of drug-likeness (QED) is 0.915. The third-order valence-electron chi connectivity index (χ3n) is 2.76. The topological polar surface area (TPSA) is 60.1 Å². The van der Waals surface area contributed by atoms with Crippen LogP contribution < -0.4 is 10.9 Å². The van der Waals surface area contributed by atoms with E-state index in [0.717, 1.165) is 12.2 Å². The van der Waals surface area contributed by atoms with Gasteiger partial charge in [-0.3, -0.25) is 4.79 Å². The van der Waals surface area contributed by atoms with Crippen LogP contribution >= 0.6 is 11.6 Å². The van der Waals surface area contributed by atoms with Gasteiger partial charge in [0, 0.05) is 6.54 Å². The summed E-state index contributed by atoms with van der Waals surface area (Å²) in [6.45, 7) is 4.46. The Kier molecular flexibility index (Phi) is 4.27. The van der Waals surface area contributed by atoms with Crippen molar-refractivity contribution in [3.8, 4) is 0 Å². The van der Waals surface area contributed by atoms with Gasteiger partial charge in [0.15, 0.2) is 0 Å². The summed E-state index contributed by atoms with van der Waals surface area (Å²) in [6, 6.07) is 3.58. The van der Waals surface area contributed by atoms with Gasteiger partial charge in [0.2, 0.25) is 0 Å². The van der Waals surface area contributed by atoms with E-state index >= 15 is 0 Å². The molecule has 0 spiro atoms. The van der Waals surface area contributed by atoms with Gasteiger partial charge in [-0.2, -0.15) is 5.10 Å². The van der Waals surface area contributed by atoms with Crippen molar-refractivity contribution in [3.63, 3.8) is 0 Å². The first kappa shape index (κ1) is 13.7. The molecule has 19 heavy (non-hydrogen) atoms. The molecule has 0 aliphatic rings. The first-order chi connectivity index (χ1) is 9.13. The molecule has 2 aromatic rings. The van der Waals surface area contributed by atoms with Crippen molar-refractivity contribution in [3.05, 3.63) is 45.7 Å². The van der Waals surface area contributed by atoms with Gasteiger partial charge in [0.25, 0.3) is 5.56 Å². The van der Waals surface area contributed by atoms with Crippen molar-refractivity contribution >= 4 is 17.3 Å². The Morgan fingerprint density at radius 2 is 2.37 bits per heavy atom. The molecule has 0 aliphatic heterocycles. The minimum absolute atomic E-state index is 0.0873. The lowest BCUT2D eigenvalue weighted by atomic mass is 10.2. The van der Waals surface area contributed by atoms with Crippen molar-refractivity contribution in [2.24, 2.45) is 0 Å². The van der Waals surface area contributed by atoms with E-state index < -0.39 is 0 Å². The second kappa shape index (κ2) is 5.93. The molecule has 102 valence electrons. The molecule has 2 aromatic heterocycles. The number of anilines is 1. The predicted octanol–water partition coefficient (Wildman–Crippen LogP) is 3.07. The predicted molar refractivity (Wildman–Crippen MR) is 74.5 cm³/mol. The number of halogens is 1. The number of nitrogens with one attached hydrogen (secondary N) is 1. The van der Waals surface area contributed by atoms with E-state index in [-0.39, 0.29) is 16.6 Å². The first-order valence-electron chi connectivity index (χ1n) is 6.19. The molecule has 1 N–H and O–H groups in total. The molecule has 5 nitrogen and oxygen atoms in total. The number of aromatic nitrogens is 2. The SMILES string of the molecule is CCCn1ncc(NC(C)c2ccco2)c(Cl)c1=O. The van der Waals surface area contributed by atoms with Crippen molar-refractivity contribution in [1.82, 2.24) is 9.78 Å². The van der Waals surface area contributed by atoms with Gasteiger partial charge in [-0.1, -0.05) is 18.5 Å². The zero-order valence-electron chi connectivity index (χ0n) is 10.9. The van der Waals surface area contributed by atoms with Gasteiger partial charge in [-0.05, 0) is 25.5 Å². The minimum Gasteiger partial charge on any atom is -0.467 e. The summed E-state index contributed by atoms with van der Waals surface area (Å²) < 4.78 is 6.66. The normalized spacial score (nSPS) is 12.4. The standard InChI is InChI=1S/C13H16ClN3O2/c1-3-6-17-13(18)12(14)10(8-15-17)16-9(2)11-5-4-7-19-11/h4-5,7-9,16H,3,6H2,1-2H3. The summed E-state index contributed by atoms with van der Waals surface area (Å²) in [7, 11) is 0. The molecule has 0 amide bonds. The molecule has 0 saturated heterocycles. The van der Waals surface area contributed by atoms with E-state index in [4.69, 9.17) is 16.0 Å². The average molecular weight is 282 g/mol. The maximum Gasteiger partial charge on any atom is 0.287 e. The van der Waals surface area contributed by atoms with Gasteiger partial charge in [0.1, 0.15) is 10.8 Å². The van der Waals surface area contributed by atoms with Gasteiger partial charge in [-0.25, -0.2) is 4.68 Å². The van der Waals surface area contributed by atoms with Crippen LogP contribution in [0.15, 0.2) is 33.8 Å². The van der Waals surface area contributed by atoms with Crippen LogP contribution in [-0.2, 0) is 6.54 Å². The maximum absolute atomic E-state index is 12.0. The van der Waals surface area contributed by atoms with Crippen LogP contribution in [0.1, 0.15) is 32.1 Å². The summed E-state index contributed by atoms with van der Waals surface area (Å²) in [5.41, 5.74) is 0.239. The van der Waals surface area contributed by atoms with Crippen LogP contribution in [-0.4, -0.2) is 9.78 Å². The van der Waals surface area contributed by atoms with Crippen LogP contribution in [0.4, 0.5) is 5.69 Å². The fourth-order valence-corrected chi connectivity index (χ4v) is 1.98. The number of hydrogen-bond donors (Lipinski definition) is 1. The van der Waals surface area contributed by atoms with Gasteiger partial charge in [0.05, 0.1) is 24.2 Å². The number of furan rings is 1. The van der Waals surface area contributed by atoms with Gasteiger partial charge >= 0.3 is 0 Å². The Morgan fingerprint density at radius 3 is 3.00 bits per heavy atom. The van der Waals surface area contributed by atoms with Crippen molar-refractivity contribution in [2.45, 2.75) is 32.9 Å². The van der Waals surface area contributed by atoms with E-state index in [1.807, 2.05) is 26.0 Å². The molecule has 0 aromatic carbocycles. The summed E-state index contributed by atoms with van der Waals surface area (Å²) >= 11 is 6.07. The van der Waals surface area contributed by atoms with Crippen molar-refractivity contribution in [2.75, 3.05) is 5.32 Å². The molecule has 2 rings (SSSR count). The highest BCUT2D eigenvalue weighted by atomic mass is 35.5. The third-order valence-corrected chi connectivity index (χ3v) is 3.13. The minimum atomic E-state index is -0.278. The Labute approximate surface area is 116 Å². The Morgan fingerprint density at radius 1 is 1.58 bits per heavy atom. The van der Waals surface area contributed by atoms with Crippen LogP contribution in [0.25, 0.3) is 0 Å². The average Bonchev–Trinajstić information content (AvgIpc) is 2.92. The Bertz CT molecular complexity index is 592. The summed E-state index contributed by atoms with van der Waals surface area (Å²) in [4.78, 5) is 12.0. The highest BCUT2D eigenvalue weighted by molar-refractivity contribution is 6.32. The van der Waals surface area contributed by atoms with E-state index in [9.17, 15) is 4.79 Å². The van der Waals surface area contributed by atoms with E-state index in [0.29, 0.717) is 12.2 Å². The third kappa shape index (κ3) is 2.98. The first-order valence-corrected chi connectivity index (χ1v) is 6.56. The molecule has 0 bridgehead atoms. The Hall–Kier alpha value is -1.75. The van der Waals surface area contributed by atoms with Crippen LogP contribution in [0.5, 0.6) is 0 Å². The molecule has 0 fully saturated rings. The molecule has 2 heterocycles. The zero-order valence-corrected chi connectivity index (χ0v) is 11.6. The molecule has 6 heteroatoms. The molecule has 0 saturated carbocycles. The lowest BCUT2D eigenvalue weighted by molar-refractivity contribution is 0.490. The largest absolute Gasteiger partial charge is 0.467 e. The van der Waals surface area contributed by atoms with E-state index in [2.05, 4.69) is 10.4 Å². The molecule has 1 atom stereocenters. The fourth-order valence-electron chi connectivity index (χ4n) is 1.78. The molecule has 0 radical (unpaired) electrons. The van der Waals surface area contributed by atoms with E-state index in [1.165, 1.54) is 4.68 Å². The number of hydrogen-bond acceptors (Lipinski definition) is 4. The Balaban J connectivity index is 2.22. The number of rotatable bonds is 5. The molecular weight excluding hydrogens is 266 g/mol. The van der Waals surface area contributed by atoms with Crippen LogP contribution in [0.3, 0.4) is 0 Å². The highest BCUT2D eigenvalue weighted by Gasteiger charge is 2.13. The lowest BCUT2D eigenvalue weighted by Gasteiger charge is -2.14. The molecule has 1 unspecified atom stereocenters. The van der Waals surface area contributed by atoms with Crippen molar-refractivity contribution < 1.29 is 4.42 Å².